The molecular formula is C25H32ClN3O5S. The molecular weight excluding hydrogens is 490 g/mol. The molecule has 1 unspecified atom stereocenters. The fourth-order valence-corrected chi connectivity index (χ4v) is 6.28. The van der Waals surface area contributed by atoms with E-state index >= 15 is 0 Å². The molecule has 3 aliphatic rings. The van der Waals surface area contributed by atoms with Crippen molar-refractivity contribution in [2.45, 2.75) is 56.3 Å². The summed E-state index contributed by atoms with van der Waals surface area (Å²) in [6.07, 6.45) is 5.51. The van der Waals surface area contributed by atoms with Gasteiger partial charge in [-0.3, -0.25) is 14.4 Å². The third-order valence-electron chi connectivity index (χ3n) is 7.48. The minimum Gasteiger partial charge on any atom is -0.487 e. The summed E-state index contributed by atoms with van der Waals surface area (Å²) in [7, 11) is -3.39. The maximum Gasteiger partial charge on any atom is 0.248 e. The lowest BCUT2D eigenvalue weighted by atomic mass is 9.80. The van der Waals surface area contributed by atoms with Gasteiger partial charge in [0.2, 0.25) is 15.9 Å². The molecule has 1 saturated heterocycles. The lowest BCUT2D eigenvalue weighted by Crippen LogP contribution is -2.53. The van der Waals surface area contributed by atoms with Crippen LogP contribution >= 0.6 is 12.4 Å². The Balaban J connectivity index is 0.00000289. The van der Waals surface area contributed by atoms with Crippen molar-refractivity contribution in [3.8, 4) is 5.75 Å². The molecule has 1 fully saturated rings. The Bertz CT molecular complexity index is 1230. The van der Waals surface area contributed by atoms with Gasteiger partial charge in [-0.1, -0.05) is 6.07 Å². The maximum atomic E-state index is 11.5. The number of aliphatic hydroxyl groups excluding tert-OH is 1. The first kappa shape index (κ1) is 25.8. The van der Waals surface area contributed by atoms with Crippen molar-refractivity contribution in [1.29, 1.82) is 0 Å². The minimum absolute atomic E-state index is 0. The number of rotatable bonds is 4. The number of primary amides is 1. The summed E-state index contributed by atoms with van der Waals surface area (Å²) in [5.74, 6) is 0.244. The Morgan fingerprint density at radius 3 is 2.60 bits per heavy atom. The van der Waals surface area contributed by atoms with Gasteiger partial charge in [-0.25, -0.2) is 8.42 Å². The Morgan fingerprint density at radius 2 is 1.91 bits per heavy atom. The molecule has 2 atom stereocenters. The van der Waals surface area contributed by atoms with Crippen molar-refractivity contribution in [3.05, 3.63) is 58.7 Å². The number of nitrogens with zero attached hydrogens (tertiary/aromatic N) is 1. The zero-order valence-electron chi connectivity index (χ0n) is 19.7. The number of aryl methyl sites for hydroxylation is 1. The second-order valence-electron chi connectivity index (χ2n) is 9.91. The first-order chi connectivity index (χ1) is 16.1. The molecule has 0 bridgehead atoms. The Morgan fingerprint density at radius 1 is 1.17 bits per heavy atom. The van der Waals surface area contributed by atoms with Crippen LogP contribution in [0.1, 0.15) is 58.8 Å². The second-order valence-corrected chi connectivity index (χ2v) is 11.7. The molecule has 0 aromatic heterocycles. The Labute approximate surface area is 212 Å². The molecule has 2 aliphatic heterocycles. The van der Waals surface area contributed by atoms with E-state index in [-0.39, 0.29) is 18.3 Å². The topological polar surface area (TPSA) is 122 Å². The smallest absolute Gasteiger partial charge is 0.248 e. The number of nitrogens with one attached hydrogen (secondary N) is 1. The Kier molecular flexibility index (Phi) is 7.07. The number of sulfonamides is 1. The quantitative estimate of drug-likeness (QED) is 0.568. The molecule has 1 amide bonds. The molecule has 2 heterocycles. The van der Waals surface area contributed by atoms with Crippen molar-refractivity contribution in [2.24, 2.45) is 5.73 Å². The molecule has 2 aromatic rings. The summed E-state index contributed by atoms with van der Waals surface area (Å²) in [5.41, 5.74) is 9.16. The second kappa shape index (κ2) is 9.61. The Hall–Kier alpha value is -2.33. The van der Waals surface area contributed by atoms with Gasteiger partial charge < -0.3 is 15.6 Å². The van der Waals surface area contributed by atoms with Gasteiger partial charge in [-0.15, -0.1) is 12.4 Å². The lowest BCUT2D eigenvalue weighted by Gasteiger charge is -2.48. The van der Waals surface area contributed by atoms with Gasteiger partial charge in [0.05, 0.1) is 12.4 Å². The molecule has 35 heavy (non-hydrogen) atoms. The van der Waals surface area contributed by atoms with Crippen LogP contribution < -0.4 is 15.2 Å². The molecule has 2 aromatic carbocycles. The standard InChI is InChI=1S/C25H31N3O5S.ClH/c1-34(31,32)27-19-5-7-23-21(14-19)22(29)15-25(33-23)8-10-28(11-9-25)20-6-4-16-12-18(24(26)30)3-2-17(16)13-20;/h2-3,5,7,12,14,20,22,27,29H,4,6,8-11,13,15H2,1H3,(H2,26,30);1H/t20-,22?;/m1./s1. The molecule has 1 spiro atoms. The SMILES string of the molecule is CS(=O)(=O)Nc1ccc2c(c1)C(O)CC1(CCN([C@@H]3CCc4cc(C(N)=O)ccc4C3)CC1)O2.Cl. The number of nitrogens with two attached hydrogens (primary N) is 1. The van der Waals surface area contributed by atoms with Gasteiger partial charge in [-0.2, -0.15) is 0 Å². The molecule has 10 heteroatoms. The average Bonchev–Trinajstić information content (AvgIpc) is 2.78. The number of carbonyl (C=O) groups is 1. The van der Waals surface area contributed by atoms with E-state index in [0.29, 0.717) is 35.0 Å². The predicted octanol–water partition coefficient (Wildman–Crippen LogP) is 2.79. The number of carbonyl (C=O) groups excluding carboxylic acids is 1. The number of benzene rings is 2. The van der Waals surface area contributed by atoms with E-state index < -0.39 is 21.7 Å². The summed E-state index contributed by atoms with van der Waals surface area (Å²) in [6.45, 7) is 1.80. The number of halogens is 1. The van der Waals surface area contributed by atoms with Crippen LogP contribution in [0.25, 0.3) is 0 Å². The highest BCUT2D eigenvalue weighted by molar-refractivity contribution is 7.92. The number of anilines is 1. The number of amides is 1. The molecule has 4 N–H and O–H groups in total. The fourth-order valence-electron chi connectivity index (χ4n) is 5.72. The first-order valence-corrected chi connectivity index (χ1v) is 13.6. The van der Waals surface area contributed by atoms with E-state index in [0.717, 1.165) is 51.4 Å². The summed E-state index contributed by atoms with van der Waals surface area (Å²) in [4.78, 5) is 14.0. The van der Waals surface area contributed by atoms with Crippen molar-refractivity contribution in [1.82, 2.24) is 4.90 Å². The summed E-state index contributed by atoms with van der Waals surface area (Å²) >= 11 is 0. The van der Waals surface area contributed by atoms with Gasteiger partial charge >= 0.3 is 0 Å². The van der Waals surface area contributed by atoms with Crippen LogP contribution in [-0.4, -0.2) is 55.3 Å². The average molecular weight is 522 g/mol. The van der Waals surface area contributed by atoms with Gasteiger partial charge in [0.15, 0.2) is 0 Å². The third-order valence-corrected chi connectivity index (χ3v) is 8.09. The van der Waals surface area contributed by atoms with Crippen molar-refractivity contribution in [2.75, 3.05) is 24.1 Å². The lowest BCUT2D eigenvalue weighted by molar-refractivity contribution is -0.0608. The summed E-state index contributed by atoms with van der Waals surface area (Å²) in [5, 5.41) is 10.9. The third kappa shape index (κ3) is 5.43. The number of fused-ring (bicyclic) bond motifs is 2. The number of hydrogen-bond donors (Lipinski definition) is 3. The van der Waals surface area contributed by atoms with Crippen LogP contribution in [0.5, 0.6) is 5.75 Å². The van der Waals surface area contributed by atoms with Crippen LogP contribution in [-0.2, 0) is 22.9 Å². The van der Waals surface area contributed by atoms with Crippen LogP contribution in [0.2, 0.25) is 0 Å². The number of hydrogen-bond acceptors (Lipinski definition) is 6. The molecule has 190 valence electrons. The molecule has 0 saturated carbocycles. The first-order valence-electron chi connectivity index (χ1n) is 11.8. The number of aliphatic hydroxyl groups is 1. The highest BCUT2D eigenvalue weighted by Crippen LogP contribution is 2.45. The van der Waals surface area contributed by atoms with E-state index in [1.54, 1.807) is 18.2 Å². The number of piperidine rings is 1. The van der Waals surface area contributed by atoms with E-state index in [1.165, 1.54) is 11.1 Å². The molecule has 0 radical (unpaired) electrons. The van der Waals surface area contributed by atoms with Crippen LogP contribution in [0.3, 0.4) is 0 Å². The molecule has 1 aliphatic carbocycles. The minimum atomic E-state index is -3.39. The van der Waals surface area contributed by atoms with E-state index in [9.17, 15) is 18.3 Å². The number of likely N-dealkylation sites (tertiary alicyclic amines) is 1. The van der Waals surface area contributed by atoms with E-state index in [1.807, 2.05) is 18.2 Å². The maximum absolute atomic E-state index is 11.5. The van der Waals surface area contributed by atoms with Crippen molar-refractivity contribution in [3.63, 3.8) is 0 Å². The van der Waals surface area contributed by atoms with Gasteiger partial charge in [-0.05, 0) is 73.6 Å². The van der Waals surface area contributed by atoms with Crippen LogP contribution in [0.4, 0.5) is 5.69 Å². The highest BCUT2D eigenvalue weighted by Gasteiger charge is 2.44. The predicted molar refractivity (Wildman–Crippen MR) is 137 cm³/mol. The zero-order chi connectivity index (χ0) is 24.1. The molecule has 5 rings (SSSR count). The normalized spacial score (nSPS) is 23.4. The monoisotopic (exact) mass is 521 g/mol. The summed E-state index contributed by atoms with van der Waals surface area (Å²) < 4.78 is 32.0. The van der Waals surface area contributed by atoms with Gasteiger partial charge in [0, 0.05) is 42.4 Å². The van der Waals surface area contributed by atoms with Crippen molar-refractivity contribution < 1.29 is 23.1 Å². The largest absolute Gasteiger partial charge is 0.487 e. The summed E-state index contributed by atoms with van der Waals surface area (Å²) in [6, 6.07) is 11.3. The zero-order valence-corrected chi connectivity index (χ0v) is 21.3. The highest BCUT2D eigenvalue weighted by atomic mass is 35.5. The molecule has 8 nitrogen and oxygen atoms in total. The fraction of sp³-hybridized carbons (Fsp3) is 0.480. The van der Waals surface area contributed by atoms with Crippen LogP contribution in [0, 0.1) is 0 Å². The van der Waals surface area contributed by atoms with Crippen molar-refractivity contribution >= 4 is 34.0 Å². The van der Waals surface area contributed by atoms with Crippen LogP contribution in [0.15, 0.2) is 36.4 Å². The number of ether oxygens (including phenoxy) is 1. The van der Waals surface area contributed by atoms with E-state index in [2.05, 4.69) is 9.62 Å². The van der Waals surface area contributed by atoms with Gasteiger partial charge in [0.1, 0.15) is 11.4 Å². The van der Waals surface area contributed by atoms with E-state index in [4.69, 9.17) is 10.5 Å². The van der Waals surface area contributed by atoms with Gasteiger partial charge in [0.25, 0.3) is 0 Å².